The van der Waals surface area contributed by atoms with E-state index in [1.54, 1.807) is 24.3 Å². The molecule has 11 heteroatoms. The molecule has 1 N–H and O–H groups in total. The van der Waals surface area contributed by atoms with Gasteiger partial charge in [0.15, 0.2) is 0 Å². The Hall–Kier alpha value is -2.79. The zero-order chi connectivity index (χ0) is 24.2. The Morgan fingerprint density at radius 1 is 1.00 bits per heavy atom. The van der Waals surface area contributed by atoms with E-state index in [2.05, 4.69) is 5.32 Å². The molecule has 2 aromatic rings. The third kappa shape index (κ3) is 6.38. The molecule has 1 fully saturated rings. The predicted molar refractivity (Wildman–Crippen MR) is 107 cm³/mol. The van der Waals surface area contributed by atoms with Crippen molar-refractivity contribution in [2.45, 2.75) is 18.4 Å². The van der Waals surface area contributed by atoms with Crippen molar-refractivity contribution in [3.8, 4) is 5.75 Å². The van der Waals surface area contributed by atoms with Crippen LogP contribution in [0.5, 0.6) is 5.75 Å². The topological polar surface area (TPSA) is 50.8 Å². The molecule has 1 aliphatic heterocycles. The molecule has 1 amide bonds. The largest absolute Gasteiger partial charge is 0.497 e. The van der Waals surface area contributed by atoms with Gasteiger partial charge in [-0.25, -0.2) is 0 Å². The molecule has 0 radical (unpaired) electrons. The summed E-state index contributed by atoms with van der Waals surface area (Å²) in [4.78, 5) is 14.6. The van der Waals surface area contributed by atoms with E-state index in [0.717, 1.165) is 5.56 Å². The molecular weight excluding hydrogens is 454 g/mol. The summed E-state index contributed by atoms with van der Waals surface area (Å²) >= 11 is 0. The van der Waals surface area contributed by atoms with Gasteiger partial charge >= 0.3 is 12.4 Å². The van der Waals surface area contributed by atoms with Gasteiger partial charge in [0.2, 0.25) is 0 Å². The molecule has 1 heterocycles. The van der Waals surface area contributed by atoms with Crippen LogP contribution in [0.3, 0.4) is 0 Å². The molecule has 1 saturated heterocycles. The van der Waals surface area contributed by atoms with E-state index in [1.165, 1.54) is 7.11 Å². The van der Waals surface area contributed by atoms with Crippen LogP contribution in [0.2, 0.25) is 0 Å². The number of morpholine rings is 1. The third-order valence-corrected chi connectivity index (χ3v) is 5.29. The third-order valence-electron chi connectivity index (χ3n) is 5.29. The predicted octanol–water partition coefficient (Wildman–Crippen LogP) is 4.54. The van der Waals surface area contributed by atoms with Gasteiger partial charge in [-0.05, 0) is 35.9 Å². The lowest BCUT2D eigenvalue weighted by atomic mass is 10.0. The second-order valence-corrected chi connectivity index (χ2v) is 7.44. The Labute approximate surface area is 186 Å². The van der Waals surface area contributed by atoms with Crippen LogP contribution in [0.15, 0.2) is 42.5 Å². The minimum atomic E-state index is -5.03. The number of nitrogens with one attached hydrogen (secondary N) is 1. The van der Waals surface area contributed by atoms with Crippen molar-refractivity contribution in [1.29, 1.82) is 0 Å². The molecule has 0 aromatic heterocycles. The highest BCUT2D eigenvalue weighted by Crippen LogP contribution is 2.36. The van der Waals surface area contributed by atoms with Crippen LogP contribution in [-0.2, 0) is 17.1 Å². The summed E-state index contributed by atoms with van der Waals surface area (Å²) in [6.45, 7) is 2.00. The Morgan fingerprint density at radius 3 is 2.03 bits per heavy atom. The molecular formula is C22H22F6N2O3. The van der Waals surface area contributed by atoms with Crippen LogP contribution in [0, 0.1) is 0 Å². The van der Waals surface area contributed by atoms with Crippen molar-refractivity contribution in [1.82, 2.24) is 10.2 Å². The molecule has 0 saturated carbocycles. The van der Waals surface area contributed by atoms with Crippen LogP contribution < -0.4 is 10.1 Å². The molecule has 180 valence electrons. The van der Waals surface area contributed by atoms with Crippen molar-refractivity contribution in [3.05, 3.63) is 64.7 Å². The van der Waals surface area contributed by atoms with Gasteiger partial charge in [-0.15, -0.1) is 0 Å². The van der Waals surface area contributed by atoms with Crippen molar-refractivity contribution in [2.75, 3.05) is 40.0 Å². The van der Waals surface area contributed by atoms with Gasteiger partial charge in [0, 0.05) is 25.2 Å². The maximum absolute atomic E-state index is 13.1. The lowest BCUT2D eigenvalue weighted by molar-refractivity contribution is -0.143. The Morgan fingerprint density at radius 2 is 1.55 bits per heavy atom. The first-order valence-corrected chi connectivity index (χ1v) is 10.0. The number of hydrogen-bond donors (Lipinski definition) is 1. The number of benzene rings is 2. The fraction of sp³-hybridized carbons (Fsp3) is 0.409. The van der Waals surface area contributed by atoms with E-state index >= 15 is 0 Å². The molecule has 1 atom stereocenters. The second-order valence-electron chi connectivity index (χ2n) is 7.44. The Kier molecular flexibility index (Phi) is 7.53. The molecule has 0 unspecified atom stereocenters. The first-order valence-electron chi connectivity index (χ1n) is 10.0. The minimum Gasteiger partial charge on any atom is -0.497 e. The fourth-order valence-electron chi connectivity index (χ4n) is 3.55. The van der Waals surface area contributed by atoms with E-state index in [4.69, 9.17) is 9.47 Å². The van der Waals surface area contributed by atoms with E-state index in [0.29, 0.717) is 44.2 Å². The summed E-state index contributed by atoms with van der Waals surface area (Å²) < 4.78 is 89.2. The number of halogens is 6. The summed E-state index contributed by atoms with van der Waals surface area (Å²) in [7, 11) is 1.51. The standard InChI is InChI=1S/C22H22F6N2O3/c1-32-18-4-2-14(3-5-18)19(30-6-8-33-9-7-30)13-29-20(31)15-10-16(21(23,24)25)12-17(11-15)22(26,27)28/h2-5,10-12,19H,6-9,13H2,1H3,(H,29,31)/t19-/m1/s1. The quantitative estimate of drug-likeness (QED) is 0.623. The van der Waals surface area contributed by atoms with Crippen LogP contribution in [-0.4, -0.2) is 50.8 Å². The van der Waals surface area contributed by atoms with Crippen molar-refractivity contribution < 1.29 is 40.6 Å². The zero-order valence-corrected chi connectivity index (χ0v) is 17.6. The summed E-state index contributed by atoms with van der Waals surface area (Å²) in [6.07, 6.45) is -10.1. The number of amides is 1. The van der Waals surface area contributed by atoms with Gasteiger partial charge in [-0.1, -0.05) is 12.1 Å². The van der Waals surface area contributed by atoms with Crippen molar-refractivity contribution >= 4 is 5.91 Å². The van der Waals surface area contributed by atoms with E-state index in [-0.39, 0.29) is 18.7 Å². The normalized spacial score (nSPS) is 16.3. The minimum absolute atomic E-state index is 0.00925. The number of rotatable bonds is 6. The highest BCUT2D eigenvalue weighted by atomic mass is 19.4. The Balaban J connectivity index is 1.84. The smallest absolute Gasteiger partial charge is 0.416 e. The van der Waals surface area contributed by atoms with Crippen LogP contribution in [0.1, 0.15) is 33.1 Å². The van der Waals surface area contributed by atoms with Crippen LogP contribution in [0.4, 0.5) is 26.3 Å². The molecule has 0 aliphatic carbocycles. The SMILES string of the molecule is COc1ccc([C@@H](CNC(=O)c2cc(C(F)(F)F)cc(C(F)(F)F)c2)N2CCOCC2)cc1. The zero-order valence-electron chi connectivity index (χ0n) is 17.6. The average molecular weight is 476 g/mol. The molecule has 2 aromatic carbocycles. The number of nitrogens with zero attached hydrogens (tertiary/aromatic N) is 1. The maximum atomic E-state index is 13.1. The highest BCUT2D eigenvalue weighted by molar-refractivity contribution is 5.94. The van der Waals surface area contributed by atoms with Crippen molar-refractivity contribution in [3.63, 3.8) is 0 Å². The van der Waals surface area contributed by atoms with Crippen LogP contribution >= 0.6 is 0 Å². The van der Waals surface area contributed by atoms with E-state index in [1.807, 2.05) is 4.90 Å². The lowest BCUT2D eigenvalue weighted by Crippen LogP contribution is -2.43. The summed E-state index contributed by atoms with van der Waals surface area (Å²) in [5.41, 5.74) is -2.99. The van der Waals surface area contributed by atoms with Crippen molar-refractivity contribution in [2.24, 2.45) is 0 Å². The van der Waals surface area contributed by atoms with Gasteiger partial charge in [-0.2, -0.15) is 26.3 Å². The highest BCUT2D eigenvalue weighted by Gasteiger charge is 2.37. The number of alkyl halides is 6. The summed E-state index contributed by atoms with van der Waals surface area (Å²) in [5.74, 6) is -0.412. The molecule has 0 spiro atoms. The molecule has 0 bridgehead atoms. The number of ether oxygens (including phenoxy) is 2. The second kappa shape index (κ2) is 10.0. The van der Waals surface area contributed by atoms with Gasteiger partial charge in [-0.3, -0.25) is 9.69 Å². The maximum Gasteiger partial charge on any atom is 0.416 e. The average Bonchev–Trinajstić information content (AvgIpc) is 2.78. The monoisotopic (exact) mass is 476 g/mol. The number of methoxy groups -OCH3 is 1. The first kappa shape index (κ1) is 24.8. The van der Waals surface area contributed by atoms with E-state index in [9.17, 15) is 31.1 Å². The summed E-state index contributed by atoms with van der Waals surface area (Å²) in [6, 6.07) is 7.50. The van der Waals surface area contributed by atoms with Crippen LogP contribution in [0.25, 0.3) is 0 Å². The number of carbonyl (C=O) groups excluding carboxylic acids is 1. The van der Waals surface area contributed by atoms with Gasteiger partial charge in [0.1, 0.15) is 5.75 Å². The van der Waals surface area contributed by atoms with Gasteiger partial charge in [0.25, 0.3) is 5.91 Å². The molecule has 1 aliphatic rings. The molecule has 3 rings (SSSR count). The molecule has 33 heavy (non-hydrogen) atoms. The fourth-order valence-corrected chi connectivity index (χ4v) is 3.55. The summed E-state index contributed by atoms with van der Waals surface area (Å²) in [5, 5.41) is 2.49. The lowest BCUT2D eigenvalue weighted by Gasteiger charge is -2.35. The Bertz CT molecular complexity index is 922. The van der Waals surface area contributed by atoms with Gasteiger partial charge in [0.05, 0.1) is 37.5 Å². The first-order chi connectivity index (χ1) is 15.5. The number of carbonyl (C=O) groups is 1. The number of hydrogen-bond acceptors (Lipinski definition) is 4. The van der Waals surface area contributed by atoms with Gasteiger partial charge < -0.3 is 14.8 Å². The van der Waals surface area contributed by atoms with E-state index < -0.39 is 35.0 Å². The molecule has 5 nitrogen and oxygen atoms in total.